The number of nitrogens with zero attached hydrogens (tertiary/aromatic N) is 1. The summed E-state index contributed by atoms with van der Waals surface area (Å²) in [4.78, 5) is 13.8. The van der Waals surface area contributed by atoms with Crippen molar-refractivity contribution < 1.29 is 13.2 Å². The number of benzene rings is 1. The Labute approximate surface area is 93.8 Å². The lowest BCUT2D eigenvalue weighted by Gasteiger charge is -2.06. The third kappa shape index (κ3) is 2.05. The first-order valence-electron chi connectivity index (χ1n) is 4.93. The van der Waals surface area contributed by atoms with Crippen molar-refractivity contribution in [3.05, 3.63) is 34.2 Å². The first-order chi connectivity index (χ1) is 7.93. The molecule has 3 N–H and O–H groups in total. The van der Waals surface area contributed by atoms with E-state index in [4.69, 9.17) is 5.73 Å². The molecule has 0 unspecified atom stereocenters. The Morgan fingerprint density at radius 3 is 2.65 bits per heavy atom. The van der Waals surface area contributed by atoms with Gasteiger partial charge in [0.05, 0.1) is 16.6 Å². The van der Waals surface area contributed by atoms with Crippen LogP contribution in [0.5, 0.6) is 0 Å². The molecule has 0 spiro atoms. The van der Waals surface area contributed by atoms with Crippen LogP contribution in [0.25, 0.3) is 11.0 Å². The number of nitrogens with two attached hydrogens (primary N) is 1. The first kappa shape index (κ1) is 11.7. The smallest absolute Gasteiger partial charge is 0.329 e. The fourth-order valence-corrected chi connectivity index (χ4v) is 1.69. The maximum absolute atomic E-state index is 12.5. The van der Waals surface area contributed by atoms with Crippen molar-refractivity contribution in [1.29, 1.82) is 0 Å². The van der Waals surface area contributed by atoms with Crippen LogP contribution in [-0.2, 0) is 12.7 Å². The lowest BCUT2D eigenvalue weighted by molar-refractivity contribution is -0.137. The molecule has 4 nitrogen and oxygen atoms in total. The van der Waals surface area contributed by atoms with Gasteiger partial charge in [-0.15, -0.1) is 0 Å². The highest BCUT2D eigenvalue weighted by Crippen LogP contribution is 2.30. The molecule has 0 fully saturated rings. The molecule has 0 saturated heterocycles. The van der Waals surface area contributed by atoms with Crippen LogP contribution in [0.2, 0.25) is 0 Å². The topological polar surface area (TPSA) is 63.8 Å². The van der Waals surface area contributed by atoms with Gasteiger partial charge in [-0.05, 0) is 18.2 Å². The van der Waals surface area contributed by atoms with E-state index in [1.165, 1.54) is 10.6 Å². The van der Waals surface area contributed by atoms with Crippen LogP contribution in [0.1, 0.15) is 5.56 Å². The molecule has 2 rings (SSSR count). The maximum Gasteiger partial charge on any atom is 0.416 e. The van der Waals surface area contributed by atoms with Gasteiger partial charge in [-0.25, -0.2) is 4.79 Å². The van der Waals surface area contributed by atoms with E-state index in [0.29, 0.717) is 5.52 Å². The van der Waals surface area contributed by atoms with Gasteiger partial charge in [0.2, 0.25) is 0 Å². The van der Waals surface area contributed by atoms with Crippen molar-refractivity contribution in [1.82, 2.24) is 9.55 Å². The van der Waals surface area contributed by atoms with E-state index in [1.54, 1.807) is 0 Å². The van der Waals surface area contributed by atoms with E-state index in [2.05, 4.69) is 4.98 Å². The molecule has 0 bridgehead atoms. The fourth-order valence-electron chi connectivity index (χ4n) is 1.69. The van der Waals surface area contributed by atoms with Crippen molar-refractivity contribution in [3.63, 3.8) is 0 Å². The number of rotatable bonds is 2. The molecular weight excluding hydrogens is 235 g/mol. The Balaban J connectivity index is 2.62. The SMILES string of the molecule is NCCn1c(=O)[nH]c2cc(C(F)(F)F)ccc21. The maximum atomic E-state index is 12.5. The van der Waals surface area contributed by atoms with Gasteiger partial charge in [-0.3, -0.25) is 4.57 Å². The number of alkyl halides is 3. The molecule has 1 heterocycles. The van der Waals surface area contributed by atoms with Crippen molar-refractivity contribution >= 4 is 11.0 Å². The summed E-state index contributed by atoms with van der Waals surface area (Å²) in [5, 5.41) is 0. The standard InChI is InChI=1S/C10H10F3N3O/c11-10(12,13)6-1-2-8-7(5-6)15-9(17)16(8)4-3-14/h1-2,5H,3-4,14H2,(H,15,17). The van der Waals surface area contributed by atoms with Crippen LogP contribution in [0, 0.1) is 0 Å². The number of halogens is 3. The molecule has 1 aromatic carbocycles. The molecule has 0 saturated carbocycles. The van der Waals surface area contributed by atoms with Crippen LogP contribution in [-0.4, -0.2) is 16.1 Å². The Morgan fingerprint density at radius 1 is 1.35 bits per heavy atom. The summed E-state index contributed by atoms with van der Waals surface area (Å²) >= 11 is 0. The lowest BCUT2D eigenvalue weighted by Crippen LogP contribution is -2.21. The van der Waals surface area contributed by atoms with Crippen molar-refractivity contribution in [3.8, 4) is 0 Å². The Kier molecular flexibility index (Phi) is 2.70. The van der Waals surface area contributed by atoms with Gasteiger partial charge in [0, 0.05) is 13.1 Å². The monoisotopic (exact) mass is 245 g/mol. The summed E-state index contributed by atoms with van der Waals surface area (Å²) in [5.74, 6) is 0. The number of fused-ring (bicyclic) bond motifs is 1. The predicted octanol–water partition coefficient (Wildman–Crippen LogP) is 1.31. The van der Waals surface area contributed by atoms with E-state index < -0.39 is 17.4 Å². The number of aromatic amines is 1. The van der Waals surface area contributed by atoms with Crippen molar-refractivity contribution in [2.24, 2.45) is 5.73 Å². The number of imidazole rings is 1. The second kappa shape index (κ2) is 3.92. The Bertz CT molecular complexity index is 597. The molecule has 0 aliphatic heterocycles. The minimum atomic E-state index is -4.42. The summed E-state index contributed by atoms with van der Waals surface area (Å²) in [6.07, 6.45) is -4.42. The number of H-pyrrole nitrogens is 1. The van der Waals surface area contributed by atoms with Gasteiger partial charge in [0.15, 0.2) is 0 Å². The molecule has 92 valence electrons. The average molecular weight is 245 g/mol. The largest absolute Gasteiger partial charge is 0.416 e. The zero-order valence-electron chi connectivity index (χ0n) is 8.71. The highest BCUT2D eigenvalue weighted by molar-refractivity contribution is 5.76. The van der Waals surface area contributed by atoms with Crippen LogP contribution in [0.3, 0.4) is 0 Å². The van der Waals surface area contributed by atoms with Crippen LogP contribution in [0.4, 0.5) is 13.2 Å². The van der Waals surface area contributed by atoms with Crippen molar-refractivity contribution in [2.45, 2.75) is 12.7 Å². The molecule has 1 aromatic heterocycles. The second-order valence-corrected chi connectivity index (χ2v) is 3.60. The average Bonchev–Trinajstić information content (AvgIpc) is 2.54. The highest BCUT2D eigenvalue weighted by atomic mass is 19.4. The number of hydrogen-bond donors (Lipinski definition) is 2. The molecule has 0 aliphatic rings. The van der Waals surface area contributed by atoms with Crippen LogP contribution < -0.4 is 11.4 Å². The van der Waals surface area contributed by atoms with E-state index in [9.17, 15) is 18.0 Å². The molecule has 17 heavy (non-hydrogen) atoms. The van der Waals surface area contributed by atoms with Gasteiger partial charge in [-0.2, -0.15) is 13.2 Å². The molecule has 0 radical (unpaired) electrons. The fraction of sp³-hybridized carbons (Fsp3) is 0.300. The Hall–Kier alpha value is -1.76. The molecule has 0 atom stereocenters. The molecule has 0 aliphatic carbocycles. The summed E-state index contributed by atoms with van der Waals surface area (Å²) in [7, 11) is 0. The molecule has 7 heteroatoms. The predicted molar refractivity (Wildman–Crippen MR) is 56.6 cm³/mol. The van der Waals surface area contributed by atoms with E-state index >= 15 is 0 Å². The first-order valence-corrected chi connectivity index (χ1v) is 4.93. The summed E-state index contributed by atoms with van der Waals surface area (Å²) in [6.45, 7) is 0.512. The lowest BCUT2D eigenvalue weighted by atomic mass is 10.2. The normalized spacial score (nSPS) is 12.2. The van der Waals surface area contributed by atoms with Crippen molar-refractivity contribution in [2.75, 3.05) is 6.54 Å². The van der Waals surface area contributed by atoms with Crippen LogP contribution in [0.15, 0.2) is 23.0 Å². The van der Waals surface area contributed by atoms with Crippen LogP contribution >= 0.6 is 0 Å². The molecule has 0 amide bonds. The third-order valence-corrected chi connectivity index (χ3v) is 2.45. The minimum absolute atomic E-state index is 0.165. The third-order valence-electron chi connectivity index (χ3n) is 2.45. The van der Waals surface area contributed by atoms with Gasteiger partial charge >= 0.3 is 11.9 Å². The molecule has 2 aromatic rings. The van der Waals surface area contributed by atoms with E-state index in [0.717, 1.165) is 12.1 Å². The van der Waals surface area contributed by atoms with E-state index in [1.807, 2.05) is 0 Å². The Morgan fingerprint density at radius 2 is 2.06 bits per heavy atom. The summed E-state index contributed by atoms with van der Waals surface area (Å²) in [6, 6.07) is 3.14. The zero-order chi connectivity index (χ0) is 12.6. The minimum Gasteiger partial charge on any atom is -0.329 e. The van der Waals surface area contributed by atoms with Gasteiger partial charge in [-0.1, -0.05) is 0 Å². The molecular formula is C10H10F3N3O. The quantitative estimate of drug-likeness (QED) is 0.837. The van der Waals surface area contributed by atoms with Gasteiger partial charge < -0.3 is 10.7 Å². The zero-order valence-corrected chi connectivity index (χ0v) is 8.71. The number of hydrogen-bond acceptors (Lipinski definition) is 2. The van der Waals surface area contributed by atoms with Gasteiger partial charge in [0.25, 0.3) is 0 Å². The summed E-state index contributed by atoms with van der Waals surface area (Å²) in [5.41, 5.74) is 4.67. The number of aromatic nitrogens is 2. The van der Waals surface area contributed by atoms with E-state index in [-0.39, 0.29) is 18.6 Å². The number of nitrogens with one attached hydrogen (secondary N) is 1. The highest BCUT2D eigenvalue weighted by Gasteiger charge is 2.30. The van der Waals surface area contributed by atoms with Gasteiger partial charge in [0.1, 0.15) is 0 Å². The second-order valence-electron chi connectivity index (χ2n) is 3.60. The summed E-state index contributed by atoms with van der Waals surface area (Å²) < 4.78 is 38.7.